The number of ether oxygens (including phenoxy) is 4. The molecule has 154 valence electrons. The highest BCUT2D eigenvalue weighted by Gasteiger charge is 2.16. The van der Waals surface area contributed by atoms with E-state index in [1.54, 1.807) is 52.7 Å². The minimum atomic E-state index is -0.195. The van der Waals surface area contributed by atoms with Crippen molar-refractivity contribution in [1.82, 2.24) is 14.6 Å². The summed E-state index contributed by atoms with van der Waals surface area (Å²) >= 11 is 1.27. The molecule has 2 heterocycles. The van der Waals surface area contributed by atoms with Crippen LogP contribution >= 0.6 is 11.3 Å². The van der Waals surface area contributed by atoms with Crippen LogP contribution in [0, 0.1) is 0 Å². The zero-order chi connectivity index (χ0) is 21.3. The Morgan fingerprint density at radius 1 is 0.833 bits per heavy atom. The van der Waals surface area contributed by atoms with Crippen LogP contribution in [0.4, 0.5) is 0 Å². The van der Waals surface area contributed by atoms with E-state index in [4.69, 9.17) is 18.9 Å². The number of aromatic nitrogens is 3. The van der Waals surface area contributed by atoms with Gasteiger partial charge in [0, 0.05) is 5.56 Å². The normalized spacial score (nSPS) is 11.7. The molecule has 0 atom stereocenters. The number of rotatable bonds is 6. The summed E-state index contributed by atoms with van der Waals surface area (Å²) in [6, 6.07) is 10.8. The lowest BCUT2D eigenvalue weighted by molar-refractivity contribution is 0.355. The third-order valence-corrected chi connectivity index (χ3v) is 5.55. The Hall–Kier alpha value is -3.59. The summed E-state index contributed by atoms with van der Waals surface area (Å²) in [5.41, 5.74) is 1.32. The minimum Gasteiger partial charge on any atom is -0.493 e. The van der Waals surface area contributed by atoms with E-state index in [2.05, 4.69) is 10.2 Å². The number of benzene rings is 2. The molecule has 4 rings (SSSR count). The zero-order valence-electron chi connectivity index (χ0n) is 16.8. The van der Waals surface area contributed by atoms with Crippen molar-refractivity contribution in [2.24, 2.45) is 0 Å². The molecule has 0 amide bonds. The van der Waals surface area contributed by atoms with E-state index in [0.717, 1.165) is 5.56 Å². The highest BCUT2D eigenvalue weighted by Crippen LogP contribution is 2.31. The van der Waals surface area contributed by atoms with Crippen LogP contribution in [0.2, 0.25) is 0 Å². The van der Waals surface area contributed by atoms with Crippen molar-refractivity contribution in [2.75, 3.05) is 28.4 Å². The minimum absolute atomic E-state index is 0.195. The van der Waals surface area contributed by atoms with Crippen LogP contribution in [0.5, 0.6) is 23.0 Å². The maximum Gasteiger partial charge on any atom is 0.276 e. The first-order chi connectivity index (χ1) is 14.6. The summed E-state index contributed by atoms with van der Waals surface area (Å²) in [6.07, 6.45) is 1.79. The maximum atomic E-state index is 13.1. The molecule has 30 heavy (non-hydrogen) atoms. The molecule has 0 spiro atoms. The van der Waals surface area contributed by atoms with Gasteiger partial charge in [0.1, 0.15) is 0 Å². The van der Waals surface area contributed by atoms with E-state index in [1.807, 2.05) is 18.2 Å². The van der Waals surface area contributed by atoms with Crippen molar-refractivity contribution >= 4 is 22.4 Å². The summed E-state index contributed by atoms with van der Waals surface area (Å²) in [5.74, 6) is 2.80. The van der Waals surface area contributed by atoms with Gasteiger partial charge in [-0.3, -0.25) is 4.79 Å². The number of hydrogen-bond acceptors (Lipinski definition) is 8. The lowest BCUT2D eigenvalue weighted by atomic mass is 10.2. The summed E-state index contributed by atoms with van der Waals surface area (Å²) in [5, 5.41) is 8.36. The molecular weight excluding hydrogens is 406 g/mol. The zero-order valence-corrected chi connectivity index (χ0v) is 17.6. The predicted molar refractivity (Wildman–Crippen MR) is 114 cm³/mol. The lowest BCUT2D eigenvalue weighted by Gasteiger charge is -2.08. The van der Waals surface area contributed by atoms with Crippen molar-refractivity contribution in [3.63, 3.8) is 0 Å². The summed E-state index contributed by atoms with van der Waals surface area (Å²) in [4.78, 5) is 13.6. The molecular formula is C21H19N3O5S. The second kappa shape index (κ2) is 8.03. The number of fused-ring (bicyclic) bond motifs is 1. The van der Waals surface area contributed by atoms with Gasteiger partial charge in [-0.25, -0.2) is 4.40 Å². The molecule has 0 unspecified atom stereocenters. The van der Waals surface area contributed by atoms with Crippen LogP contribution in [0.1, 0.15) is 5.56 Å². The Kier molecular flexibility index (Phi) is 5.28. The molecule has 0 N–H and O–H groups in total. The van der Waals surface area contributed by atoms with Crippen LogP contribution in [0.3, 0.4) is 0 Å². The topological polar surface area (TPSA) is 84.2 Å². The fraction of sp³-hybridized carbons (Fsp3) is 0.190. The monoisotopic (exact) mass is 425 g/mol. The fourth-order valence-corrected chi connectivity index (χ4v) is 4.03. The van der Waals surface area contributed by atoms with E-state index in [1.165, 1.54) is 15.7 Å². The van der Waals surface area contributed by atoms with E-state index in [-0.39, 0.29) is 5.56 Å². The fourth-order valence-electron chi connectivity index (χ4n) is 3.12. The predicted octanol–water partition coefficient (Wildman–Crippen LogP) is 2.40. The van der Waals surface area contributed by atoms with Crippen molar-refractivity contribution in [1.29, 1.82) is 0 Å². The van der Waals surface area contributed by atoms with Crippen molar-refractivity contribution in [3.8, 4) is 34.4 Å². The number of nitrogens with zero attached hydrogens (tertiary/aromatic N) is 3. The summed E-state index contributed by atoms with van der Waals surface area (Å²) < 4.78 is 23.3. The molecule has 0 aliphatic heterocycles. The van der Waals surface area contributed by atoms with Gasteiger partial charge >= 0.3 is 0 Å². The smallest absolute Gasteiger partial charge is 0.276 e. The van der Waals surface area contributed by atoms with Gasteiger partial charge in [-0.05, 0) is 42.0 Å². The molecule has 0 aliphatic carbocycles. The molecule has 9 heteroatoms. The standard InChI is InChI=1S/C21H19N3O5S/c1-26-14-7-5-12(9-16(14)28-3)10-18-20(25)24-19(22-23-21(24)30-18)13-6-8-15(27-2)17(11-13)29-4/h5-11H,1-4H3. The molecule has 0 saturated heterocycles. The molecule has 0 bridgehead atoms. The molecule has 0 aliphatic rings. The van der Waals surface area contributed by atoms with Crippen LogP contribution in [0.25, 0.3) is 22.4 Å². The Morgan fingerprint density at radius 2 is 1.47 bits per heavy atom. The largest absolute Gasteiger partial charge is 0.493 e. The average molecular weight is 425 g/mol. The van der Waals surface area contributed by atoms with Crippen LogP contribution in [0.15, 0.2) is 41.2 Å². The molecule has 2 aromatic heterocycles. The highest BCUT2D eigenvalue weighted by atomic mass is 32.1. The van der Waals surface area contributed by atoms with Crippen molar-refractivity contribution in [3.05, 3.63) is 56.8 Å². The van der Waals surface area contributed by atoms with Gasteiger partial charge in [0.2, 0.25) is 4.96 Å². The molecule has 4 aromatic rings. The highest BCUT2D eigenvalue weighted by molar-refractivity contribution is 7.15. The SMILES string of the molecule is COc1ccc(C=c2sc3nnc(-c4ccc(OC)c(OC)c4)n3c2=O)cc1OC. The first kappa shape index (κ1) is 19.7. The maximum absolute atomic E-state index is 13.1. The summed E-state index contributed by atoms with van der Waals surface area (Å²) in [6.45, 7) is 0. The molecule has 0 fully saturated rings. The van der Waals surface area contributed by atoms with E-state index in [9.17, 15) is 4.79 Å². The second-order valence-corrected chi connectivity index (χ2v) is 7.25. The Bertz CT molecular complexity index is 1330. The quantitative estimate of drug-likeness (QED) is 0.469. The number of hydrogen-bond donors (Lipinski definition) is 0. The van der Waals surface area contributed by atoms with Gasteiger partial charge in [0.05, 0.1) is 33.0 Å². The van der Waals surface area contributed by atoms with Crippen LogP contribution < -0.4 is 29.0 Å². The Morgan fingerprint density at radius 3 is 2.13 bits per heavy atom. The van der Waals surface area contributed by atoms with E-state index >= 15 is 0 Å². The first-order valence-electron chi connectivity index (χ1n) is 8.93. The van der Waals surface area contributed by atoms with Gasteiger partial charge in [-0.1, -0.05) is 17.4 Å². The van der Waals surface area contributed by atoms with E-state index < -0.39 is 0 Å². The molecule has 2 aromatic carbocycles. The average Bonchev–Trinajstić information content (AvgIpc) is 3.33. The van der Waals surface area contributed by atoms with Gasteiger partial charge in [0.25, 0.3) is 5.56 Å². The van der Waals surface area contributed by atoms with Gasteiger partial charge < -0.3 is 18.9 Å². The van der Waals surface area contributed by atoms with Gasteiger partial charge in [0.15, 0.2) is 28.8 Å². The third-order valence-electron chi connectivity index (χ3n) is 4.60. The molecule has 0 saturated carbocycles. The Labute approximate surface area is 175 Å². The van der Waals surface area contributed by atoms with E-state index in [0.29, 0.717) is 43.9 Å². The molecule has 8 nitrogen and oxygen atoms in total. The Balaban J connectivity index is 1.83. The van der Waals surface area contributed by atoms with Crippen molar-refractivity contribution < 1.29 is 18.9 Å². The first-order valence-corrected chi connectivity index (χ1v) is 9.75. The van der Waals surface area contributed by atoms with Gasteiger partial charge in [-0.2, -0.15) is 0 Å². The van der Waals surface area contributed by atoms with Crippen LogP contribution in [-0.4, -0.2) is 43.0 Å². The third kappa shape index (κ3) is 3.33. The lowest BCUT2D eigenvalue weighted by Crippen LogP contribution is -2.23. The second-order valence-electron chi connectivity index (χ2n) is 6.24. The number of thiazole rings is 1. The van der Waals surface area contributed by atoms with Crippen LogP contribution in [-0.2, 0) is 0 Å². The van der Waals surface area contributed by atoms with Crippen molar-refractivity contribution in [2.45, 2.75) is 0 Å². The number of methoxy groups -OCH3 is 4. The van der Waals surface area contributed by atoms with Gasteiger partial charge in [-0.15, -0.1) is 10.2 Å². The summed E-state index contributed by atoms with van der Waals surface area (Å²) in [7, 11) is 6.27. The molecule has 0 radical (unpaired) electrons.